The maximum Gasteiger partial charge on any atom is 0.217 e. The molecule has 0 radical (unpaired) electrons. The van der Waals surface area contributed by atoms with Crippen molar-refractivity contribution in [1.29, 1.82) is 0 Å². The SMILES string of the molecule is CCCCCCCCC=CCCCCCCCC(N)=O.S. The van der Waals surface area contributed by atoms with Gasteiger partial charge in [-0.1, -0.05) is 70.4 Å². The minimum Gasteiger partial charge on any atom is -0.370 e. The summed E-state index contributed by atoms with van der Waals surface area (Å²) in [6.45, 7) is 2.26. The summed E-state index contributed by atoms with van der Waals surface area (Å²) in [5, 5.41) is 0. The number of primary amides is 1. The van der Waals surface area contributed by atoms with E-state index in [1.807, 2.05) is 0 Å². The van der Waals surface area contributed by atoms with E-state index >= 15 is 0 Å². The quantitative estimate of drug-likeness (QED) is 0.309. The fourth-order valence-corrected chi connectivity index (χ4v) is 2.37. The van der Waals surface area contributed by atoms with Gasteiger partial charge in [-0.2, -0.15) is 13.5 Å². The predicted molar refractivity (Wildman–Crippen MR) is 99.0 cm³/mol. The lowest BCUT2D eigenvalue weighted by Crippen LogP contribution is -2.09. The molecule has 0 spiro atoms. The number of carbonyl (C=O) groups is 1. The first-order valence-corrected chi connectivity index (χ1v) is 8.70. The van der Waals surface area contributed by atoms with Crippen molar-refractivity contribution in [2.24, 2.45) is 5.73 Å². The Labute approximate surface area is 139 Å². The largest absolute Gasteiger partial charge is 0.370 e. The zero-order chi connectivity index (χ0) is 14.9. The van der Waals surface area contributed by atoms with E-state index in [9.17, 15) is 4.79 Å². The Morgan fingerprint density at radius 1 is 0.762 bits per heavy atom. The van der Waals surface area contributed by atoms with Crippen LogP contribution in [0, 0.1) is 0 Å². The summed E-state index contributed by atoms with van der Waals surface area (Å²) in [6, 6.07) is 0. The van der Waals surface area contributed by atoms with Crippen LogP contribution in [0.2, 0.25) is 0 Å². The second kappa shape index (κ2) is 19.6. The summed E-state index contributed by atoms with van der Waals surface area (Å²) in [4.78, 5) is 10.5. The Hall–Kier alpha value is -0.440. The van der Waals surface area contributed by atoms with Crippen LogP contribution in [-0.4, -0.2) is 5.91 Å². The van der Waals surface area contributed by atoms with Crippen molar-refractivity contribution in [3.05, 3.63) is 12.2 Å². The van der Waals surface area contributed by atoms with Crippen LogP contribution < -0.4 is 5.73 Å². The molecule has 0 aromatic rings. The minimum atomic E-state index is -0.164. The number of rotatable bonds is 15. The fraction of sp³-hybridized carbons (Fsp3) is 0.833. The molecular formula is C18H37NOS. The summed E-state index contributed by atoms with van der Waals surface area (Å²) in [5.74, 6) is -0.164. The smallest absolute Gasteiger partial charge is 0.217 e. The maximum atomic E-state index is 10.5. The van der Waals surface area contributed by atoms with E-state index in [-0.39, 0.29) is 19.4 Å². The number of amides is 1. The average Bonchev–Trinajstić information content (AvgIpc) is 2.43. The third-order valence-corrected chi connectivity index (χ3v) is 3.68. The molecule has 0 rings (SSSR count). The lowest BCUT2D eigenvalue weighted by atomic mass is 10.1. The maximum absolute atomic E-state index is 10.5. The number of unbranched alkanes of at least 4 members (excludes halogenated alkanes) is 11. The molecule has 2 N–H and O–H groups in total. The van der Waals surface area contributed by atoms with Crippen molar-refractivity contribution in [1.82, 2.24) is 0 Å². The van der Waals surface area contributed by atoms with Gasteiger partial charge in [-0.15, -0.1) is 0 Å². The van der Waals surface area contributed by atoms with Crippen molar-refractivity contribution < 1.29 is 4.79 Å². The first-order valence-electron chi connectivity index (χ1n) is 8.70. The molecule has 0 unspecified atom stereocenters. The number of hydrogen-bond donors (Lipinski definition) is 1. The van der Waals surface area contributed by atoms with E-state index in [0.717, 1.165) is 12.8 Å². The summed E-state index contributed by atoms with van der Waals surface area (Å²) in [6.07, 6.45) is 21.9. The minimum absolute atomic E-state index is 0. The molecule has 0 aliphatic rings. The lowest BCUT2D eigenvalue weighted by molar-refractivity contribution is -0.118. The highest BCUT2D eigenvalue weighted by molar-refractivity contribution is 7.59. The van der Waals surface area contributed by atoms with Gasteiger partial charge in [-0.25, -0.2) is 0 Å². The van der Waals surface area contributed by atoms with Crippen LogP contribution in [0.25, 0.3) is 0 Å². The zero-order valence-electron chi connectivity index (χ0n) is 14.0. The van der Waals surface area contributed by atoms with Crippen molar-refractivity contribution in [3.8, 4) is 0 Å². The van der Waals surface area contributed by atoms with E-state index in [0.29, 0.717) is 6.42 Å². The highest BCUT2D eigenvalue weighted by Crippen LogP contribution is 2.09. The second-order valence-corrected chi connectivity index (χ2v) is 5.80. The van der Waals surface area contributed by atoms with Gasteiger partial charge in [0, 0.05) is 6.42 Å². The van der Waals surface area contributed by atoms with Crippen molar-refractivity contribution >= 4 is 19.4 Å². The highest BCUT2D eigenvalue weighted by atomic mass is 32.1. The monoisotopic (exact) mass is 315 g/mol. The molecule has 0 aromatic heterocycles. The lowest BCUT2D eigenvalue weighted by Gasteiger charge is -1.99. The average molecular weight is 316 g/mol. The van der Waals surface area contributed by atoms with Gasteiger partial charge in [-0.05, 0) is 32.1 Å². The Balaban J connectivity index is 0. The molecule has 21 heavy (non-hydrogen) atoms. The van der Waals surface area contributed by atoms with E-state index in [1.54, 1.807) is 0 Å². The van der Waals surface area contributed by atoms with Gasteiger partial charge < -0.3 is 5.73 Å². The number of carbonyl (C=O) groups excluding carboxylic acids is 1. The van der Waals surface area contributed by atoms with Gasteiger partial charge in [-0.3, -0.25) is 4.79 Å². The number of nitrogens with two attached hydrogens (primary N) is 1. The molecule has 0 atom stereocenters. The first kappa shape index (κ1) is 22.8. The van der Waals surface area contributed by atoms with Crippen molar-refractivity contribution in [2.45, 2.75) is 96.8 Å². The van der Waals surface area contributed by atoms with E-state index in [2.05, 4.69) is 19.1 Å². The van der Waals surface area contributed by atoms with E-state index < -0.39 is 0 Å². The van der Waals surface area contributed by atoms with Crippen LogP contribution in [0.1, 0.15) is 96.8 Å². The third-order valence-electron chi connectivity index (χ3n) is 3.68. The van der Waals surface area contributed by atoms with Crippen LogP contribution in [-0.2, 0) is 4.79 Å². The molecule has 126 valence electrons. The summed E-state index contributed by atoms with van der Waals surface area (Å²) < 4.78 is 0. The van der Waals surface area contributed by atoms with Gasteiger partial charge in [0.2, 0.25) is 5.91 Å². The van der Waals surface area contributed by atoms with Crippen LogP contribution >= 0.6 is 13.5 Å². The summed E-state index contributed by atoms with van der Waals surface area (Å²) >= 11 is 0. The fourth-order valence-electron chi connectivity index (χ4n) is 2.37. The van der Waals surface area contributed by atoms with Crippen molar-refractivity contribution in [3.63, 3.8) is 0 Å². The normalized spacial score (nSPS) is 10.7. The molecule has 2 nitrogen and oxygen atoms in total. The summed E-state index contributed by atoms with van der Waals surface area (Å²) in [7, 11) is 0. The predicted octanol–water partition coefficient (Wildman–Crippen LogP) is 5.62. The molecule has 3 heteroatoms. The molecule has 0 saturated heterocycles. The van der Waals surface area contributed by atoms with Crippen LogP contribution in [0.15, 0.2) is 12.2 Å². The van der Waals surface area contributed by atoms with E-state index in [1.165, 1.54) is 70.6 Å². The van der Waals surface area contributed by atoms with Gasteiger partial charge in [0.25, 0.3) is 0 Å². The van der Waals surface area contributed by atoms with E-state index in [4.69, 9.17) is 5.73 Å². The molecule has 0 fully saturated rings. The number of hydrogen-bond acceptors (Lipinski definition) is 1. The number of allylic oxidation sites excluding steroid dienone is 2. The van der Waals surface area contributed by atoms with Gasteiger partial charge >= 0.3 is 0 Å². The van der Waals surface area contributed by atoms with Gasteiger partial charge in [0.15, 0.2) is 0 Å². The molecule has 0 heterocycles. The Morgan fingerprint density at radius 2 is 1.19 bits per heavy atom. The van der Waals surface area contributed by atoms with Gasteiger partial charge in [0.05, 0.1) is 0 Å². The zero-order valence-corrected chi connectivity index (χ0v) is 15.0. The molecule has 0 aromatic carbocycles. The second-order valence-electron chi connectivity index (χ2n) is 5.80. The molecule has 0 saturated carbocycles. The van der Waals surface area contributed by atoms with Crippen molar-refractivity contribution in [2.75, 3.05) is 0 Å². The highest BCUT2D eigenvalue weighted by Gasteiger charge is 1.94. The molecule has 0 aliphatic heterocycles. The van der Waals surface area contributed by atoms with Crippen LogP contribution in [0.5, 0.6) is 0 Å². The standard InChI is InChI=1S/C18H35NO.H2S/c1-2-3-4-5-6-7-8-9-10-11-12-13-14-15-16-17-18(19)20;/h9-10H,2-8,11-17H2,1H3,(H2,19,20);1H2. The molecule has 0 bridgehead atoms. The summed E-state index contributed by atoms with van der Waals surface area (Å²) in [5.41, 5.74) is 5.10. The topological polar surface area (TPSA) is 43.1 Å². The third kappa shape index (κ3) is 22.0. The van der Waals surface area contributed by atoms with Crippen LogP contribution in [0.3, 0.4) is 0 Å². The Bertz CT molecular complexity index is 241. The molecular weight excluding hydrogens is 278 g/mol. The first-order chi connectivity index (χ1) is 9.77. The van der Waals surface area contributed by atoms with Crippen LogP contribution in [0.4, 0.5) is 0 Å². The Kier molecular flexibility index (Phi) is 21.3. The van der Waals surface area contributed by atoms with Gasteiger partial charge in [0.1, 0.15) is 0 Å². The molecule has 0 aliphatic carbocycles. The Morgan fingerprint density at radius 3 is 1.67 bits per heavy atom. The molecule has 1 amide bonds.